The highest BCUT2D eigenvalue weighted by molar-refractivity contribution is 5.77. The third-order valence-electron chi connectivity index (χ3n) is 3.64. The van der Waals surface area contributed by atoms with Crippen molar-refractivity contribution in [2.24, 2.45) is 0 Å². The molecule has 2 N–H and O–H groups in total. The predicted molar refractivity (Wildman–Crippen MR) is 87.4 cm³/mol. The zero-order chi connectivity index (χ0) is 15.4. The number of carbonyl (C=O) groups is 1. The van der Waals surface area contributed by atoms with Crippen LogP contribution in [0, 0.1) is 6.92 Å². The van der Waals surface area contributed by atoms with E-state index in [1.807, 2.05) is 55.5 Å². The third kappa shape index (κ3) is 3.52. The summed E-state index contributed by atoms with van der Waals surface area (Å²) in [6.45, 7) is 2.48. The number of benzene rings is 2. The molecule has 1 amide bonds. The lowest BCUT2D eigenvalue weighted by atomic mass is 10.1. The van der Waals surface area contributed by atoms with E-state index in [2.05, 4.69) is 15.3 Å². The molecule has 4 nitrogen and oxygen atoms in total. The molecule has 0 bridgehead atoms. The van der Waals surface area contributed by atoms with Crippen LogP contribution in [0.2, 0.25) is 0 Å². The molecule has 4 heteroatoms. The van der Waals surface area contributed by atoms with Crippen molar-refractivity contribution >= 4 is 16.9 Å². The number of hydrogen-bond donors (Lipinski definition) is 2. The fraction of sp³-hybridized carbons (Fsp3) is 0.222. The fourth-order valence-electron chi connectivity index (χ4n) is 2.49. The van der Waals surface area contributed by atoms with E-state index < -0.39 is 0 Å². The zero-order valence-corrected chi connectivity index (χ0v) is 12.6. The second-order valence-electron chi connectivity index (χ2n) is 5.44. The van der Waals surface area contributed by atoms with Gasteiger partial charge in [-0.2, -0.15) is 0 Å². The molecule has 0 aliphatic heterocycles. The number of H-pyrrole nitrogens is 1. The average molecular weight is 293 g/mol. The van der Waals surface area contributed by atoms with Gasteiger partial charge in [-0.25, -0.2) is 4.98 Å². The van der Waals surface area contributed by atoms with Gasteiger partial charge in [-0.05, 0) is 36.6 Å². The zero-order valence-electron chi connectivity index (χ0n) is 12.6. The summed E-state index contributed by atoms with van der Waals surface area (Å²) in [5, 5.41) is 2.97. The molecular formula is C18H19N3O. The number of aromatic nitrogens is 2. The minimum atomic E-state index is 0.0738. The number of nitrogens with zero attached hydrogens (tertiary/aromatic N) is 1. The number of aromatic amines is 1. The molecule has 1 heterocycles. The molecule has 3 rings (SSSR count). The Kier molecular flexibility index (Phi) is 4.19. The molecule has 0 saturated carbocycles. The molecule has 0 fully saturated rings. The molecule has 0 aliphatic carbocycles. The maximum absolute atomic E-state index is 11.9. The van der Waals surface area contributed by atoms with E-state index in [0.29, 0.717) is 13.0 Å². The van der Waals surface area contributed by atoms with Crippen LogP contribution in [0.3, 0.4) is 0 Å². The van der Waals surface area contributed by atoms with Crippen molar-refractivity contribution in [1.82, 2.24) is 15.3 Å². The van der Waals surface area contributed by atoms with Gasteiger partial charge in [-0.1, -0.05) is 36.4 Å². The van der Waals surface area contributed by atoms with Gasteiger partial charge in [0.05, 0.1) is 11.0 Å². The molecule has 112 valence electrons. The van der Waals surface area contributed by atoms with Gasteiger partial charge in [0.2, 0.25) is 5.91 Å². The highest BCUT2D eigenvalue weighted by atomic mass is 16.1. The SMILES string of the molecule is Cc1nc2ccc(CNC(=O)CCc3ccccc3)cc2[nH]1. The van der Waals surface area contributed by atoms with Crippen LogP contribution in [0.5, 0.6) is 0 Å². The highest BCUT2D eigenvalue weighted by Crippen LogP contribution is 2.13. The second-order valence-corrected chi connectivity index (χ2v) is 5.44. The van der Waals surface area contributed by atoms with Crippen LogP contribution < -0.4 is 5.32 Å². The van der Waals surface area contributed by atoms with Crippen molar-refractivity contribution in [3.05, 3.63) is 65.5 Å². The first kappa shape index (κ1) is 14.3. The van der Waals surface area contributed by atoms with E-state index in [0.717, 1.165) is 28.8 Å². The van der Waals surface area contributed by atoms with Crippen molar-refractivity contribution < 1.29 is 4.79 Å². The van der Waals surface area contributed by atoms with E-state index in [9.17, 15) is 4.79 Å². The van der Waals surface area contributed by atoms with Gasteiger partial charge in [0.25, 0.3) is 0 Å². The first-order valence-electron chi connectivity index (χ1n) is 7.46. The van der Waals surface area contributed by atoms with Gasteiger partial charge in [0.15, 0.2) is 0 Å². The van der Waals surface area contributed by atoms with Crippen LogP contribution in [0.4, 0.5) is 0 Å². The Hall–Kier alpha value is -2.62. The normalized spacial score (nSPS) is 10.8. The van der Waals surface area contributed by atoms with Gasteiger partial charge in [0, 0.05) is 13.0 Å². The lowest BCUT2D eigenvalue weighted by Gasteiger charge is -2.05. The molecule has 0 aliphatic rings. The van der Waals surface area contributed by atoms with Gasteiger partial charge in [-0.15, -0.1) is 0 Å². The number of nitrogens with one attached hydrogen (secondary N) is 2. The van der Waals surface area contributed by atoms with Gasteiger partial charge in [0.1, 0.15) is 5.82 Å². The number of fused-ring (bicyclic) bond motifs is 1. The van der Waals surface area contributed by atoms with Crippen molar-refractivity contribution in [2.45, 2.75) is 26.3 Å². The van der Waals surface area contributed by atoms with Crippen LogP contribution in [-0.2, 0) is 17.8 Å². The standard InChI is InChI=1S/C18H19N3O/c1-13-20-16-9-7-15(11-17(16)21-13)12-19-18(22)10-8-14-5-3-2-4-6-14/h2-7,9,11H,8,10,12H2,1H3,(H,19,22)(H,20,21). The van der Waals surface area contributed by atoms with Crippen LogP contribution in [-0.4, -0.2) is 15.9 Å². The van der Waals surface area contributed by atoms with Crippen molar-refractivity contribution in [3.8, 4) is 0 Å². The average Bonchev–Trinajstić information content (AvgIpc) is 2.91. The first-order valence-corrected chi connectivity index (χ1v) is 7.46. The van der Waals surface area contributed by atoms with Crippen LogP contribution >= 0.6 is 0 Å². The topological polar surface area (TPSA) is 57.8 Å². The van der Waals surface area contributed by atoms with E-state index in [1.165, 1.54) is 5.56 Å². The summed E-state index contributed by atoms with van der Waals surface area (Å²) in [5.41, 5.74) is 4.22. The Morgan fingerprint density at radius 2 is 1.95 bits per heavy atom. The summed E-state index contributed by atoms with van der Waals surface area (Å²) in [6.07, 6.45) is 1.28. The summed E-state index contributed by atoms with van der Waals surface area (Å²) in [7, 11) is 0. The number of imidazole rings is 1. The minimum Gasteiger partial charge on any atom is -0.352 e. The Morgan fingerprint density at radius 3 is 2.77 bits per heavy atom. The molecular weight excluding hydrogens is 274 g/mol. The number of amides is 1. The molecule has 0 spiro atoms. The first-order chi connectivity index (χ1) is 10.7. The smallest absolute Gasteiger partial charge is 0.220 e. The largest absolute Gasteiger partial charge is 0.352 e. The number of rotatable bonds is 5. The van der Waals surface area contributed by atoms with Crippen LogP contribution in [0.1, 0.15) is 23.4 Å². The Bertz CT molecular complexity index is 777. The van der Waals surface area contributed by atoms with E-state index in [1.54, 1.807) is 0 Å². The fourth-order valence-corrected chi connectivity index (χ4v) is 2.49. The quantitative estimate of drug-likeness (QED) is 0.759. The molecule has 22 heavy (non-hydrogen) atoms. The Morgan fingerprint density at radius 1 is 1.14 bits per heavy atom. The number of hydrogen-bond acceptors (Lipinski definition) is 2. The highest BCUT2D eigenvalue weighted by Gasteiger charge is 2.04. The Labute approximate surface area is 129 Å². The molecule has 0 saturated heterocycles. The number of carbonyl (C=O) groups excluding carboxylic acids is 1. The Balaban J connectivity index is 1.53. The molecule has 0 radical (unpaired) electrons. The van der Waals surface area contributed by atoms with Crippen molar-refractivity contribution in [2.75, 3.05) is 0 Å². The lowest BCUT2D eigenvalue weighted by molar-refractivity contribution is -0.121. The molecule has 0 unspecified atom stereocenters. The van der Waals surface area contributed by atoms with Crippen molar-refractivity contribution in [1.29, 1.82) is 0 Å². The third-order valence-corrected chi connectivity index (χ3v) is 3.64. The molecule has 0 atom stereocenters. The lowest BCUT2D eigenvalue weighted by Crippen LogP contribution is -2.22. The van der Waals surface area contributed by atoms with Crippen molar-refractivity contribution in [3.63, 3.8) is 0 Å². The summed E-state index contributed by atoms with van der Waals surface area (Å²) in [5.74, 6) is 0.976. The summed E-state index contributed by atoms with van der Waals surface area (Å²) in [6, 6.07) is 16.1. The summed E-state index contributed by atoms with van der Waals surface area (Å²) in [4.78, 5) is 19.5. The van der Waals surface area contributed by atoms with E-state index >= 15 is 0 Å². The van der Waals surface area contributed by atoms with Crippen LogP contribution in [0.15, 0.2) is 48.5 Å². The summed E-state index contributed by atoms with van der Waals surface area (Å²) >= 11 is 0. The van der Waals surface area contributed by atoms with E-state index in [-0.39, 0.29) is 5.91 Å². The molecule has 1 aromatic heterocycles. The minimum absolute atomic E-state index is 0.0738. The number of aryl methyl sites for hydroxylation is 2. The van der Waals surface area contributed by atoms with Gasteiger partial charge >= 0.3 is 0 Å². The van der Waals surface area contributed by atoms with Gasteiger partial charge < -0.3 is 10.3 Å². The monoisotopic (exact) mass is 293 g/mol. The second kappa shape index (κ2) is 6.43. The maximum Gasteiger partial charge on any atom is 0.220 e. The molecule has 3 aromatic rings. The molecule has 2 aromatic carbocycles. The predicted octanol–water partition coefficient (Wildman–Crippen LogP) is 3.12. The summed E-state index contributed by atoms with van der Waals surface area (Å²) < 4.78 is 0. The van der Waals surface area contributed by atoms with E-state index in [4.69, 9.17) is 0 Å². The van der Waals surface area contributed by atoms with Gasteiger partial charge in [-0.3, -0.25) is 4.79 Å². The maximum atomic E-state index is 11.9. The van der Waals surface area contributed by atoms with Crippen LogP contribution in [0.25, 0.3) is 11.0 Å².